The summed E-state index contributed by atoms with van der Waals surface area (Å²) in [5.41, 5.74) is 3.40. The number of hydrogen-bond acceptors (Lipinski definition) is 3. The van der Waals surface area contributed by atoms with E-state index in [1.54, 1.807) is 6.07 Å². The zero-order chi connectivity index (χ0) is 15.0. The minimum absolute atomic E-state index is 0.290. The number of aryl methyl sites for hydroxylation is 3. The predicted octanol–water partition coefficient (Wildman–Crippen LogP) is 3.61. The van der Waals surface area contributed by atoms with Gasteiger partial charge in [-0.05, 0) is 26.0 Å². The molecule has 0 aliphatic carbocycles. The topological polar surface area (TPSA) is 43.9 Å². The number of halogens is 2. The first-order valence-electron chi connectivity index (χ1n) is 6.72. The number of alkyl halides is 1. The Kier molecular flexibility index (Phi) is 3.68. The van der Waals surface area contributed by atoms with Crippen LogP contribution in [0.3, 0.4) is 0 Å². The second-order valence-corrected chi connectivity index (χ2v) is 5.37. The highest BCUT2D eigenvalue weighted by atomic mass is 35.5. The summed E-state index contributed by atoms with van der Waals surface area (Å²) < 4.78 is 20.6. The van der Waals surface area contributed by atoms with Crippen molar-refractivity contribution < 1.29 is 8.91 Å². The maximum atomic E-state index is 13.4. The number of fused-ring (bicyclic) bond motifs is 1. The Bertz CT molecular complexity index is 774. The molecule has 0 amide bonds. The SMILES string of the molecule is Cc1noc(C)c1Cn1c(CCCl)nc2cc(F)ccc21. The molecule has 2 aromatic heterocycles. The normalized spacial score (nSPS) is 11.4. The van der Waals surface area contributed by atoms with Crippen molar-refractivity contribution in [1.82, 2.24) is 14.7 Å². The summed E-state index contributed by atoms with van der Waals surface area (Å²) in [6.07, 6.45) is 0.626. The lowest BCUT2D eigenvalue weighted by atomic mass is 10.2. The van der Waals surface area contributed by atoms with Crippen molar-refractivity contribution in [3.63, 3.8) is 0 Å². The predicted molar refractivity (Wildman–Crippen MR) is 79.2 cm³/mol. The van der Waals surface area contributed by atoms with Crippen LogP contribution >= 0.6 is 11.6 Å². The van der Waals surface area contributed by atoms with Crippen LogP contribution in [0.15, 0.2) is 22.7 Å². The number of rotatable bonds is 4. The van der Waals surface area contributed by atoms with E-state index in [1.165, 1.54) is 12.1 Å². The fourth-order valence-electron chi connectivity index (χ4n) is 2.49. The van der Waals surface area contributed by atoms with Crippen LogP contribution in [-0.4, -0.2) is 20.6 Å². The standard InChI is InChI=1S/C15H15ClFN3O/c1-9-12(10(2)21-19-9)8-20-14-4-3-11(17)7-13(14)18-15(20)5-6-16/h3-4,7H,5-6,8H2,1-2H3. The summed E-state index contributed by atoms with van der Waals surface area (Å²) in [4.78, 5) is 4.49. The number of hydrogen-bond donors (Lipinski definition) is 0. The number of aromatic nitrogens is 3. The zero-order valence-corrected chi connectivity index (χ0v) is 12.6. The van der Waals surface area contributed by atoms with Gasteiger partial charge in [-0.3, -0.25) is 0 Å². The zero-order valence-electron chi connectivity index (χ0n) is 11.9. The van der Waals surface area contributed by atoms with Crippen molar-refractivity contribution >= 4 is 22.6 Å². The van der Waals surface area contributed by atoms with E-state index in [4.69, 9.17) is 16.1 Å². The monoisotopic (exact) mass is 307 g/mol. The van der Waals surface area contributed by atoms with E-state index in [-0.39, 0.29) is 5.82 Å². The van der Waals surface area contributed by atoms with Crippen molar-refractivity contribution in [1.29, 1.82) is 0 Å². The van der Waals surface area contributed by atoms with E-state index in [9.17, 15) is 4.39 Å². The number of benzene rings is 1. The fourth-order valence-corrected chi connectivity index (χ4v) is 2.66. The molecule has 0 radical (unpaired) electrons. The molecule has 21 heavy (non-hydrogen) atoms. The summed E-state index contributed by atoms with van der Waals surface area (Å²) in [5, 5.41) is 3.97. The summed E-state index contributed by atoms with van der Waals surface area (Å²) in [6.45, 7) is 4.39. The van der Waals surface area contributed by atoms with Crippen LogP contribution in [0, 0.1) is 19.7 Å². The Labute approximate surface area is 126 Å². The Morgan fingerprint density at radius 3 is 2.81 bits per heavy atom. The third kappa shape index (κ3) is 2.53. The van der Waals surface area contributed by atoms with Gasteiger partial charge in [-0.1, -0.05) is 5.16 Å². The second kappa shape index (κ2) is 5.48. The second-order valence-electron chi connectivity index (χ2n) is 4.99. The van der Waals surface area contributed by atoms with Crippen molar-refractivity contribution in [3.8, 4) is 0 Å². The molecule has 0 saturated heterocycles. The van der Waals surface area contributed by atoms with Gasteiger partial charge in [-0.25, -0.2) is 9.37 Å². The van der Waals surface area contributed by atoms with Gasteiger partial charge >= 0.3 is 0 Å². The van der Waals surface area contributed by atoms with E-state index in [1.807, 2.05) is 18.4 Å². The summed E-state index contributed by atoms with van der Waals surface area (Å²) in [6, 6.07) is 4.63. The van der Waals surface area contributed by atoms with E-state index in [2.05, 4.69) is 10.1 Å². The van der Waals surface area contributed by atoms with E-state index in [0.29, 0.717) is 24.4 Å². The lowest BCUT2D eigenvalue weighted by molar-refractivity contribution is 0.392. The average Bonchev–Trinajstić information content (AvgIpc) is 2.94. The molecule has 0 atom stereocenters. The van der Waals surface area contributed by atoms with Crippen LogP contribution in [0.1, 0.15) is 22.8 Å². The van der Waals surface area contributed by atoms with Gasteiger partial charge in [0, 0.05) is 23.9 Å². The molecule has 0 unspecified atom stereocenters. The Balaban J connectivity index is 2.13. The van der Waals surface area contributed by atoms with Gasteiger partial charge in [0.25, 0.3) is 0 Å². The lowest BCUT2D eigenvalue weighted by Crippen LogP contribution is -2.07. The molecule has 0 bridgehead atoms. The first-order valence-corrected chi connectivity index (χ1v) is 7.26. The van der Waals surface area contributed by atoms with Gasteiger partial charge in [0.15, 0.2) is 0 Å². The number of imidazole rings is 1. The van der Waals surface area contributed by atoms with Crippen molar-refractivity contribution in [3.05, 3.63) is 46.9 Å². The van der Waals surface area contributed by atoms with Gasteiger partial charge in [-0.2, -0.15) is 0 Å². The molecule has 4 nitrogen and oxygen atoms in total. The highest BCUT2D eigenvalue weighted by Gasteiger charge is 2.15. The molecule has 1 aromatic carbocycles. The largest absolute Gasteiger partial charge is 0.361 e. The summed E-state index contributed by atoms with van der Waals surface area (Å²) in [5.74, 6) is 1.80. The highest BCUT2D eigenvalue weighted by molar-refractivity contribution is 6.17. The quantitative estimate of drug-likeness (QED) is 0.692. The van der Waals surface area contributed by atoms with Crippen LogP contribution in [0.25, 0.3) is 11.0 Å². The van der Waals surface area contributed by atoms with Crippen LogP contribution in [0.4, 0.5) is 4.39 Å². The smallest absolute Gasteiger partial charge is 0.138 e. The molecule has 6 heteroatoms. The molecule has 110 valence electrons. The molecule has 2 heterocycles. The Morgan fingerprint density at radius 2 is 2.14 bits per heavy atom. The summed E-state index contributed by atoms with van der Waals surface area (Å²) >= 11 is 5.85. The fraction of sp³-hybridized carbons (Fsp3) is 0.333. The minimum atomic E-state index is -0.290. The van der Waals surface area contributed by atoms with E-state index >= 15 is 0 Å². The molecule has 3 rings (SSSR count). The van der Waals surface area contributed by atoms with E-state index in [0.717, 1.165) is 28.4 Å². The van der Waals surface area contributed by atoms with Gasteiger partial charge < -0.3 is 9.09 Å². The Morgan fingerprint density at radius 1 is 1.33 bits per heavy atom. The maximum Gasteiger partial charge on any atom is 0.138 e. The summed E-state index contributed by atoms with van der Waals surface area (Å²) in [7, 11) is 0. The average molecular weight is 308 g/mol. The highest BCUT2D eigenvalue weighted by Crippen LogP contribution is 2.22. The van der Waals surface area contributed by atoms with Crippen molar-refractivity contribution in [2.45, 2.75) is 26.8 Å². The van der Waals surface area contributed by atoms with Crippen LogP contribution in [0.5, 0.6) is 0 Å². The molecule has 3 aromatic rings. The molecular weight excluding hydrogens is 293 g/mol. The molecule has 0 spiro atoms. The minimum Gasteiger partial charge on any atom is -0.361 e. The van der Waals surface area contributed by atoms with Gasteiger partial charge in [0.05, 0.1) is 23.3 Å². The van der Waals surface area contributed by atoms with Gasteiger partial charge in [0.2, 0.25) is 0 Å². The lowest BCUT2D eigenvalue weighted by Gasteiger charge is -2.08. The molecule has 0 aliphatic rings. The van der Waals surface area contributed by atoms with Crippen molar-refractivity contribution in [2.24, 2.45) is 0 Å². The van der Waals surface area contributed by atoms with Crippen LogP contribution in [0.2, 0.25) is 0 Å². The number of nitrogens with zero attached hydrogens (tertiary/aromatic N) is 3. The molecular formula is C15H15ClFN3O. The van der Waals surface area contributed by atoms with Crippen LogP contribution < -0.4 is 0 Å². The van der Waals surface area contributed by atoms with Gasteiger partial charge in [-0.15, -0.1) is 11.6 Å². The molecule has 0 fully saturated rings. The molecule has 0 saturated carbocycles. The van der Waals surface area contributed by atoms with Crippen LogP contribution in [-0.2, 0) is 13.0 Å². The third-order valence-corrected chi connectivity index (χ3v) is 3.79. The third-order valence-electron chi connectivity index (χ3n) is 3.60. The maximum absolute atomic E-state index is 13.4. The van der Waals surface area contributed by atoms with Gasteiger partial charge in [0.1, 0.15) is 17.4 Å². The molecule has 0 aliphatic heterocycles. The first-order chi connectivity index (χ1) is 10.1. The van der Waals surface area contributed by atoms with E-state index < -0.39 is 0 Å². The Hall–Kier alpha value is -1.88. The van der Waals surface area contributed by atoms with Crippen molar-refractivity contribution in [2.75, 3.05) is 5.88 Å². The first kappa shape index (κ1) is 14.1. The molecule has 0 N–H and O–H groups in total.